The Hall–Kier alpha value is -3.00. The molecule has 8 nitrogen and oxygen atoms in total. The van der Waals surface area contributed by atoms with Gasteiger partial charge in [0.1, 0.15) is 23.2 Å². The van der Waals surface area contributed by atoms with Crippen molar-refractivity contribution < 1.29 is 39.0 Å². The van der Waals surface area contributed by atoms with Gasteiger partial charge in [-0.2, -0.15) is 0 Å². The Labute approximate surface area is 254 Å². The molecule has 43 heavy (non-hydrogen) atoms. The van der Waals surface area contributed by atoms with Crippen LogP contribution in [0.5, 0.6) is 5.75 Å². The zero-order valence-electron chi connectivity index (χ0n) is 26.9. The molecule has 3 aliphatic carbocycles. The first-order valence-corrected chi connectivity index (χ1v) is 15.5. The third kappa shape index (κ3) is 4.75. The third-order valence-corrected chi connectivity index (χ3v) is 10.5. The average Bonchev–Trinajstić information content (AvgIpc) is 2.85. The van der Waals surface area contributed by atoms with E-state index in [-0.39, 0.29) is 42.3 Å². The maximum Gasteiger partial charge on any atom is 0.190 e. The van der Waals surface area contributed by atoms with Gasteiger partial charge in [0.15, 0.2) is 28.7 Å². The standard InChI is InChI=1S/C35H46O8/c1-16(2)10-11-21(37)12-20-13-22(17(3)4)23-14-33(8)15-34(9)26(18(5)6)29(39)24(19(7)36)31(41)35(34,43)32(42)27(33)30(40)25(23)28(20)38/h13,16-18,24,26-27,38,43H,10-12,14-15H2,1-9H3/t24?,26?,27?,33-,34-,35+/m1/s1. The third-order valence-electron chi connectivity index (χ3n) is 10.5. The van der Waals surface area contributed by atoms with E-state index in [2.05, 4.69) is 0 Å². The molecule has 3 aliphatic rings. The number of fused-ring (bicyclic) bond motifs is 3. The molecule has 0 amide bonds. The highest BCUT2D eigenvalue weighted by atomic mass is 16.3. The first kappa shape index (κ1) is 32.9. The molecule has 0 aliphatic heterocycles. The van der Waals surface area contributed by atoms with Gasteiger partial charge in [-0.1, -0.05) is 61.5 Å². The summed E-state index contributed by atoms with van der Waals surface area (Å²) in [5.41, 5.74) is -3.70. The van der Waals surface area contributed by atoms with Crippen LogP contribution in [-0.2, 0) is 36.8 Å². The molecule has 2 saturated carbocycles. The number of rotatable bonds is 8. The minimum Gasteiger partial charge on any atom is -0.507 e. The Balaban J connectivity index is 1.92. The molecule has 0 bridgehead atoms. The van der Waals surface area contributed by atoms with Crippen molar-refractivity contribution in [2.75, 3.05) is 0 Å². The van der Waals surface area contributed by atoms with Crippen molar-refractivity contribution in [2.45, 2.75) is 106 Å². The highest BCUT2D eigenvalue weighted by Crippen LogP contribution is 2.64. The molecule has 4 rings (SSSR count). The van der Waals surface area contributed by atoms with Crippen LogP contribution in [0.25, 0.3) is 0 Å². The Morgan fingerprint density at radius 3 is 2.12 bits per heavy atom. The summed E-state index contributed by atoms with van der Waals surface area (Å²) in [4.78, 5) is 81.8. The van der Waals surface area contributed by atoms with Gasteiger partial charge in [0.25, 0.3) is 0 Å². The summed E-state index contributed by atoms with van der Waals surface area (Å²) in [7, 11) is 0. The van der Waals surface area contributed by atoms with Crippen LogP contribution < -0.4 is 0 Å². The highest BCUT2D eigenvalue weighted by molar-refractivity contribution is 6.32. The fourth-order valence-corrected chi connectivity index (χ4v) is 8.69. The molecular formula is C35H46O8. The molecule has 2 N–H and O–H groups in total. The first-order chi connectivity index (χ1) is 19.7. The van der Waals surface area contributed by atoms with Crippen molar-refractivity contribution in [3.05, 3.63) is 28.3 Å². The van der Waals surface area contributed by atoms with Crippen molar-refractivity contribution in [2.24, 2.45) is 40.4 Å². The molecule has 8 heteroatoms. The number of phenols is 1. The Kier molecular flexibility index (Phi) is 8.31. The summed E-state index contributed by atoms with van der Waals surface area (Å²) < 4.78 is 0. The Morgan fingerprint density at radius 2 is 1.60 bits per heavy atom. The number of benzene rings is 1. The van der Waals surface area contributed by atoms with Gasteiger partial charge in [-0.05, 0) is 60.5 Å². The molecule has 0 radical (unpaired) electrons. The van der Waals surface area contributed by atoms with Crippen LogP contribution in [0.3, 0.4) is 0 Å². The number of phenolic OH excluding ortho intramolecular Hbond substituents is 1. The van der Waals surface area contributed by atoms with E-state index in [1.165, 1.54) is 0 Å². The zero-order chi connectivity index (χ0) is 32.6. The minimum atomic E-state index is -2.73. The fraction of sp³-hybridized carbons (Fsp3) is 0.657. The average molecular weight is 595 g/mol. The second-order valence-corrected chi connectivity index (χ2v) is 15.0. The summed E-state index contributed by atoms with van der Waals surface area (Å²) in [6.45, 7) is 15.9. The molecular weight excluding hydrogens is 548 g/mol. The van der Waals surface area contributed by atoms with Gasteiger partial charge < -0.3 is 10.2 Å². The largest absolute Gasteiger partial charge is 0.507 e. The van der Waals surface area contributed by atoms with Crippen molar-refractivity contribution in [3.63, 3.8) is 0 Å². The van der Waals surface area contributed by atoms with Crippen molar-refractivity contribution >= 4 is 34.7 Å². The smallest absolute Gasteiger partial charge is 0.190 e. The molecule has 1 aromatic rings. The van der Waals surface area contributed by atoms with Crippen LogP contribution in [0.15, 0.2) is 6.07 Å². The van der Waals surface area contributed by atoms with Crippen LogP contribution in [0.2, 0.25) is 0 Å². The van der Waals surface area contributed by atoms with Crippen molar-refractivity contribution in [1.82, 2.24) is 0 Å². The first-order valence-electron chi connectivity index (χ1n) is 15.5. The number of Topliss-reactive ketones (excluding diaryl/α,β-unsaturated/α-hetero) is 6. The van der Waals surface area contributed by atoms with Gasteiger partial charge >= 0.3 is 0 Å². The number of aliphatic hydroxyl groups is 1. The topological polar surface area (TPSA) is 143 Å². The Bertz CT molecular complexity index is 1430. The number of carbonyl (C=O) groups excluding carboxylic acids is 6. The molecule has 3 unspecified atom stereocenters. The van der Waals surface area contributed by atoms with Gasteiger partial charge in [0, 0.05) is 29.7 Å². The highest BCUT2D eigenvalue weighted by Gasteiger charge is 2.76. The van der Waals surface area contributed by atoms with Crippen LogP contribution >= 0.6 is 0 Å². The summed E-state index contributed by atoms with van der Waals surface area (Å²) in [6, 6.07) is 1.79. The maximum atomic E-state index is 14.5. The predicted molar refractivity (Wildman–Crippen MR) is 160 cm³/mol. The van der Waals surface area contributed by atoms with Gasteiger partial charge in [0.05, 0.1) is 11.5 Å². The monoisotopic (exact) mass is 594 g/mol. The minimum absolute atomic E-state index is 0.0107. The zero-order valence-corrected chi connectivity index (χ0v) is 26.9. The molecule has 0 aromatic heterocycles. The molecule has 0 heterocycles. The van der Waals surface area contributed by atoms with E-state index < -0.39 is 69.0 Å². The van der Waals surface area contributed by atoms with E-state index in [1.54, 1.807) is 33.8 Å². The van der Waals surface area contributed by atoms with Gasteiger partial charge in [-0.15, -0.1) is 0 Å². The van der Waals surface area contributed by atoms with Crippen LogP contribution in [0.4, 0.5) is 0 Å². The van der Waals surface area contributed by atoms with E-state index >= 15 is 0 Å². The molecule has 0 saturated heterocycles. The maximum absolute atomic E-state index is 14.5. The van der Waals surface area contributed by atoms with Gasteiger partial charge in [0.2, 0.25) is 0 Å². The SMILES string of the molecule is CC(=O)C1C(=O)C(C(C)C)[C@@]2(C)C[C@@]3(C)Cc4c(C(C)C)cc(CC(=O)CCC(C)C)c(O)c4C(=O)C3C(=O)[C@@]2(O)C1=O. The second-order valence-electron chi connectivity index (χ2n) is 15.0. The Morgan fingerprint density at radius 1 is 1.00 bits per heavy atom. The summed E-state index contributed by atoms with van der Waals surface area (Å²) in [5.74, 6) is -9.01. The fourth-order valence-electron chi connectivity index (χ4n) is 8.69. The normalized spacial score (nSPS) is 32.3. The van der Waals surface area contributed by atoms with E-state index in [9.17, 15) is 39.0 Å². The lowest BCUT2D eigenvalue weighted by molar-refractivity contribution is -0.205. The van der Waals surface area contributed by atoms with E-state index in [4.69, 9.17) is 0 Å². The summed E-state index contributed by atoms with van der Waals surface area (Å²) in [6.07, 6.45) is 1.17. The molecule has 2 fully saturated rings. The summed E-state index contributed by atoms with van der Waals surface area (Å²) >= 11 is 0. The van der Waals surface area contributed by atoms with E-state index in [1.807, 2.05) is 27.7 Å². The van der Waals surface area contributed by atoms with Crippen molar-refractivity contribution in [1.29, 1.82) is 0 Å². The molecule has 6 atom stereocenters. The lowest BCUT2D eigenvalue weighted by atomic mass is 9.39. The summed E-state index contributed by atoms with van der Waals surface area (Å²) in [5, 5.41) is 23.6. The van der Waals surface area contributed by atoms with E-state index in [0.717, 1.165) is 12.5 Å². The number of carbonyl (C=O) groups is 6. The second kappa shape index (κ2) is 10.9. The van der Waals surface area contributed by atoms with Gasteiger partial charge in [-0.3, -0.25) is 28.8 Å². The molecule has 1 aromatic carbocycles. The van der Waals surface area contributed by atoms with Gasteiger partial charge in [-0.25, -0.2) is 0 Å². The number of aromatic hydroxyl groups is 1. The lowest BCUT2D eigenvalue weighted by Gasteiger charge is -2.62. The van der Waals surface area contributed by atoms with Crippen LogP contribution in [-0.4, -0.2) is 50.5 Å². The number of hydrogen-bond donors (Lipinski definition) is 2. The van der Waals surface area contributed by atoms with Crippen molar-refractivity contribution in [3.8, 4) is 5.75 Å². The molecule has 234 valence electrons. The lowest BCUT2D eigenvalue weighted by Crippen LogP contribution is -2.76. The molecule has 0 spiro atoms. The van der Waals surface area contributed by atoms with Crippen LogP contribution in [0, 0.1) is 40.4 Å². The number of ketones is 6. The van der Waals surface area contributed by atoms with E-state index in [0.29, 0.717) is 29.9 Å². The quantitative estimate of drug-likeness (QED) is 0.410. The predicted octanol–water partition coefficient (Wildman–Crippen LogP) is 4.76. The number of hydrogen-bond acceptors (Lipinski definition) is 8. The van der Waals surface area contributed by atoms with Crippen LogP contribution in [0.1, 0.15) is 115 Å².